The molecule has 2 aromatic carbocycles. The molecule has 3 aromatic rings. The molecule has 1 heterocycles. The van der Waals surface area contributed by atoms with Crippen LogP contribution in [0.2, 0.25) is 0 Å². The van der Waals surface area contributed by atoms with Crippen LogP contribution in [-0.4, -0.2) is 24.5 Å². The van der Waals surface area contributed by atoms with Gasteiger partial charge in [0.15, 0.2) is 12.2 Å². The molecule has 24 heavy (non-hydrogen) atoms. The van der Waals surface area contributed by atoms with Crippen molar-refractivity contribution in [3.8, 4) is 11.3 Å². The van der Waals surface area contributed by atoms with Gasteiger partial charge in [-0.2, -0.15) is 0 Å². The van der Waals surface area contributed by atoms with Crippen LogP contribution in [0.1, 0.15) is 10.4 Å². The maximum absolute atomic E-state index is 12.4. The third-order valence-corrected chi connectivity index (χ3v) is 4.64. The fraction of sp³-hybridized carbons (Fsp3) is 0. The number of nitrogens with zero attached hydrogens (tertiary/aromatic N) is 1. The first kappa shape index (κ1) is 15.8. The van der Waals surface area contributed by atoms with Gasteiger partial charge in [0.05, 0.1) is 16.7 Å². The van der Waals surface area contributed by atoms with Crippen molar-refractivity contribution < 1.29 is 22.7 Å². The highest BCUT2D eigenvalue weighted by atomic mass is 32.2. The van der Waals surface area contributed by atoms with Gasteiger partial charge in [0, 0.05) is 11.3 Å². The molecule has 7 nitrogen and oxygen atoms in total. The largest absolute Gasteiger partial charge is 0.478 e. The SMILES string of the molecule is O=C(O)c1cccc(NS(=O)(=O)c2ccc(-c3cnco3)cc2)c1. The monoisotopic (exact) mass is 344 g/mol. The van der Waals surface area contributed by atoms with Crippen LogP contribution in [-0.2, 0) is 10.0 Å². The smallest absolute Gasteiger partial charge is 0.335 e. The summed E-state index contributed by atoms with van der Waals surface area (Å²) in [7, 11) is -3.83. The molecule has 0 amide bonds. The van der Waals surface area contributed by atoms with E-state index in [1.54, 1.807) is 12.1 Å². The minimum atomic E-state index is -3.83. The van der Waals surface area contributed by atoms with E-state index in [1.165, 1.54) is 49.0 Å². The van der Waals surface area contributed by atoms with E-state index in [9.17, 15) is 13.2 Å². The number of nitrogens with one attached hydrogen (secondary N) is 1. The van der Waals surface area contributed by atoms with E-state index in [-0.39, 0.29) is 16.1 Å². The number of carbonyl (C=O) groups is 1. The van der Waals surface area contributed by atoms with Crippen LogP contribution in [0.25, 0.3) is 11.3 Å². The Labute approximate surface area is 137 Å². The first-order valence-electron chi connectivity index (χ1n) is 6.81. The lowest BCUT2D eigenvalue weighted by Crippen LogP contribution is -2.13. The van der Waals surface area contributed by atoms with Crippen LogP contribution < -0.4 is 4.72 Å². The molecule has 0 spiro atoms. The van der Waals surface area contributed by atoms with Crippen molar-refractivity contribution >= 4 is 21.7 Å². The molecule has 0 fully saturated rings. The van der Waals surface area contributed by atoms with E-state index in [0.717, 1.165) is 0 Å². The van der Waals surface area contributed by atoms with Crippen LogP contribution in [0, 0.1) is 0 Å². The molecule has 0 aliphatic rings. The Hall–Kier alpha value is -3.13. The Bertz CT molecular complexity index is 964. The summed E-state index contributed by atoms with van der Waals surface area (Å²) in [5.74, 6) is -0.603. The maximum Gasteiger partial charge on any atom is 0.335 e. The number of hydrogen-bond acceptors (Lipinski definition) is 5. The molecule has 1 aromatic heterocycles. The summed E-state index contributed by atoms with van der Waals surface area (Å²) in [5.41, 5.74) is 0.865. The molecule has 3 rings (SSSR count). The number of sulfonamides is 1. The Balaban J connectivity index is 1.85. The van der Waals surface area contributed by atoms with Gasteiger partial charge >= 0.3 is 5.97 Å². The zero-order valence-electron chi connectivity index (χ0n) is 12.2. The summed E-state index contributed by atoms with van der Waals surface area (Å²) in [6, 6.07) is 11.6. The lowest BCUT2D eigenvalue weighted by atomic mass is 10.2. The lowest BCUT2D eigenvalue weighted by Gasteiger charge is -2.09. The summed E-state index contributed by atoms with van der Waals surface area (Å²) >= 11 is 0. The van der Waals surface area contributed by atoms with Crippen LogP contribution in [0.3, 0.4) is 0 Å². The Kier molecular flexibility index (Phi) is 4.05. The van der Waals surface area contributed by atoms with E-state index < -0.39 is 16.0 Å². The van der Waals surface area contributed by atoms with Crippen molar-refractivity contribution in [2.24, 2.45) is 0 Å². The number of carboxylic acid groups (broad SMARTS) is 1. The normalized spacial score (nSPS) is 11.2. The third-order valence-electron chi connectivity index (χ3n) is 3.24. The molecule has 0 atom stereocenters. The number of benzene rings is 2. The minimum absolute atomic E-state index is 0.00383. The summed E-state index contributed by atoms with van der Waals surface area (Å²) in [6.45, 7) is 0. The van der Waals surface area contributed by atoms with Gasteiger partial charge in [-0.3, -0.25) is 4.72 Å². The second kappa shape index (κ2) is 6.17. The summed E-state index contributed by atoms with van der Waals surface area (Å²) in [5, 5.41) is 8.95. The predicted molar refractivity (Wildman–Crippen MR) is 86.1 cm³/mol. The number of aromatic nitrogens is 1. The third kappa shape index (κ3) is 3.28. The maximum atomic E-state index is 12.4. The quantitative estimate of drug-likeness (QED) is 0.736. The zero-order valence-corrected chi connectivity index (χ0v) is 13.0. The number of carboxylic acids is 1. The Morgan fingerprint density at radius 2 is 1.88 bits per heavy atom. The van der Waals surface area contributed by atoms with Crippen LogP contribution in [0.5, 0.6) is 0 Å². The second-order valence-electron chi connectivity index (χ2n) is 4.88. The van der Waals surface area contributed by atoms with Crippen molar-refractivity contribution in [2.45, 2.75) is 4.90 Å². The molecule has 0 aliphatic heterocycles. The molecule has 0 saturated carbocycles. The highest BCUT2D eigenvalue weighted by Crippen LogP contribution is 2.22. The van der Waals surface area contributed by atoms with Gasteiger partial charge in [-0.1, -0.05) is 6.07 Å². The topological polar surface area (TPSA) is 110 Å². The van der Waals surface area contributed by atoms with Gasteiger partial charge < -0.3 is 9.52 Å². The number of hydrogen-bond donors (Lipinski definition) is 2. The van der Waals surface area contributed by atoms with Crippen molar-refractivity contribution in [1.29, 1.82) is 0 Å². The number of aromatic carboxylic acids is 1. The zero-order chi connectivity index (χ0) is 17.2. The number of anilines is 1. The number of oxazole rings is 1. The van der Waals surface area contributed by atoms with E-state index in [0.29, 0.717) is 11.3 Å². The first-order valence-corrected chi connectivity index (χ1v) is 8.29. The highest BCUT2D eigenvalue weighted by molar-refractivity contribution is 7.92. The second-order valence-corrected chi connectivity index (χ2v) is 6.56. The van der Waals surface area contributed by atoms with E-state index in [1.807, 2.05) is 0 Å². The Morgan fingerprint density at radius 1 is 1.12 bits per heavy atom. The van der Waals surface area contributed by atoms with Gasteiger partial charge in [-0.05, 0) is 42.5 Å². The average molecular weight is 344 g/mol. The van der Waals surface area contributed by atoms with Gasteiger partial charge in [0.25, 0.3) is 10.0 Å². The molecule has 0 radical (unpaired) electrons. The standard InChI is InChI=1S/C16H12N2O5S/c19-16(20)12-2-1-3-13(8-12)18-24(21,22)14-6-4-11(5-7-14)15-9-17-10-23-15/h1-10,18H,(H,19,20). The molecule has 0 unspecified atom stereocenters. The highest BCUT2D eigenvalue weighted by Gasteiger charge is 2.15. The van der Waals surface area contributed by atoms with E-state index in [2.05, 4.69) is 9.71 Å². The summed E-state index contributed by atoms with van der Waals surface area (Å²) in [4.78, 5) is 14.8. The lowest BCUT2D eigenvalue weighted by molar-refractivity contribution is 0.0697. The van der Waals surface area contributed by atoms with Crippen LogP contribution >= 0.6 is 0 Å². The van der Waals surface area contributed by atoms with E-state index >= 15 is 0 Å². The summed E-state index contributed by atoms with van der Waals surface area (Å²) < 4.78 is 32.3. The van der Waals surface area contributed by atoms with Crippen molar-refractivity contribution in [3.05, 3.63) is 66.7 Å². The molecular weight excluding hydrogens is 332 g/mol. The molecule has 0 saturated heterocycles. The minimum Gasteiger partial charge on any atom is -0.478 e. The van der Waals surface area contributed by atoms with Crippen LogP contribution in [0.4, 0.5) is 5.69 Å². The van der Waals surface area contributed by atoms with Gasteiger partial charge in [-0.25, -0.2) is 18.2 Å². The van der Waals surface area contributed by atoms with E-state index in [4.69, 9.17) is 9.52 Å². The van der Waals surface area contributed by atoms with Gasteiger partial charge in [0.2, 0.25) is 0 Å². The van der Waals surface area contributed by atoms with Gasteiger partial charge in [-0.15, -0.1) is 0 Å². The molecular formula is C16H12N2O5S. The average Bonchev–Trinajstić information content (AvgIpc) is 3.09. The van der Waals surface area contributed by atoms with Crippen LogP contribution in [0.15, 0.2) is 70.4 Å². The molecule has 8 heteroatoms. The van der Waals surface area contributed by atoms with Gasteiger partial charge in [0.1, 0.15) is 0 Å². The fourth-order valence-electron chi connectivity index (χ4n) is 2.09. The molecule has 122 valence electrons. The molecule has 0 bridgehead atoms. The molecule has 2 N–H and O–H groups in total. The first-order chi connectivity index (χ1) is 11.5. The predicted octanol–water partition coefficient (Wildman–Crippen LogP) is 2.84. The van der Waals surface area contributed by atoms with Crippen molar-refractivity contribution in [2.75, 3.05) is 4.72 Å². The van der Waals surface area contributed by atoms with Crippen molar-refractivity contribution in [3.63, 3.8) is 0 Å². The Morgan fingerprint density at radius 3 is 2.50 bits per heavy atom. The fourth-order valence-corrected chi connectivity index (χ4v) is 3.14. The summed E-state index contributed by atoms with van der Waals surface area (Å²) in [6.07, 6.45) is 2.82. The molecule has 0 aliphatic carbocycles. The number of rotatable bonds is 5. The van der Waals surface area contributed by atoms with Crippen molar-refractivity contribution in [1.82, 2.24) is 4.98 Å².